The van der Waals surface area contributed by atoms with Gasteiger partial charge in [-0.05, 0) is 12.5 Å². The van der Waals surface area contributed by atoms with Gasteiger partial charge in [0, 0.05) is 6.54 Å². The highest BCUT2D eigenvalue weighted by Crippen LogP contribution is 2.34. The predicted octanol–water partition coefficient (Wildman–Crippen LogP) is 9.32. The number of nitrogens with zero attached hydrogens (tertiary/aromatic N) is 2. The van der Waals surface area contributed by atoms with E-state index in [1.165, 1.54) is 115 Å². The first-order chi connectivity index (χ1) is 17.5. The van der Waals surface area contributed by atoms with Gasteiger partial charge < -0.3 is 11.1 Å². The van der Waals surface area contributed by atoms with Gasteiger partial charge in [-0.25, -0.2) is 0 Å². The minimum absolute atomic E-state index is 0.0726. The maximum absolute atomic E-state index is 11.2. The first-order valence-electron chi connectivity index (χ1n) is 14.4. The van der Waals surface area contributed by atoms with Crippen LogP contribution in [0.15, 0.2) is 12.1 Å². The van der Waals surface area contributed by atoms with E-state index in [0.29, 0.717) is 6.54 Å². The highest BCUT2D eigenvalue weighted by atomic mass is 16.6. The number of nitrogens with two attached hydrogens (primary N) is 1. The van der Waals surface area contributed by atoms with Crippen LogP contribution in [0.2, 0.25) is 0 Å². The normalized spacial score (nSPS) is 11.0. The van der Waals surface area contributed by atoms with Crippen molar-refractivity contribution in [2.24, 2.45) is 0 Å². The summed E-state index contributed by atoms with van der Waals surface area (Å²) in [6.07, 6.45) is 26.5. The molecule has 206 valence electrons. The van der Waals surface area contributed by atoms with Crippen LogP contribution in [0.4, 0.5) is 22.7 Å². The summed E-state index contributed by atoms with van der Waals surface area (Å²) in [7, 11) is 0. The molecule has 36 heavy (non-hydrogen) atoms. The summed E-state index contributed by atoms with van der Waals surface area (Å²) in [6, 6.07) is 2.21. The number of benzene rings is 1. The summed E-state index contributed by atoms with van der Waals surface area (Å²) in [4.78, 5) is 20.8. The molecule has 0 atom stereocenters. The molecule has 0 aliphatic rings. The molecule has 0 saturated carbocycles. The Morgan fingerprint density at radius 1 is 0.611 bits per heavy atom. The zero-order chi connectivity index (χ0) is 26.4. The van der Waals surface area contributed by atoms with E-state index in [0.717, 1.165) is 25.3 Å². The predicted molar refractivity (Wildman–Crippen MR) is 151 cm³/mol. The molecule has 0 aromatic heterocycles. The van der Waals surface area contributed by atoms with E-state index in [-0.39, 0.29) is 17.1 Å². The topological polar surface area (TPSA) is 124 Å². The van der Waals surface area contributed by atoms with E-state index < -0.39 is 15.5 Å². The fraction of sp³-hybridized carbons (Fsp3) is 0.786. The number of nitrogen functional groups attached to an aromatic ring is 1. The van der Waals surface area contributed by atoms with E-state index >= 15 is 0 Å². The van der Waals surface area contributed by atoms with Gasteiger partial charge in [0.25, 0.3) is 11.4 Å². The molecule has 1 aromatic carbocycles. The third-order valence-corrected chi connectivity index (χ3v) is 6.88. The van der Waals surface area contributed by atoms with Crippen molar-refractivity contribution in [1.29, 1.82) is 0 Å². The number of nitro benzene ring substituents is 2. The molecule has 0 aliphatic carbocycles. The Morgan fingerprint density at radius 3 is 1.33 bits per heavy atom. The van der Waals surface area contributed by atoms with Gasteiger partial charge in [-0.15, -0.1) is 0 Å². The quantitative estimate of drug-likeness (QED) is 0.0622. The summed E-state index contributed by atoms with van der Waals surface area (Å²) < 4.78 is 0. The number of nitro groups is 2. The van der Waals surface area contributed by atoms with Crippen LogP contribution in [0.25, 0.3) is 0 Å². The van der Waals surface area contributed by atoms with Crippen LogP contribution in [-0.4, -0.2) is 16.4 Å². The maximum Gasteiger partial charge on any atom is 0.299 e. The van der Waals surface area contributed by atoms with Crippen LogP contribution in [0.1, 0.15) is 135 Å². The SMILES string of the molecule is CCCCCCCCCCCCCCCCCCCCCCNc1cc(N)c([N+](=O)[O-])cc1[N+](=O)[O-]. The molecule has 0 amide bonds. The second-order valence-corrected chi connectivity index (χ2v) is 10.1. The lowest BCUT2D eigenvalue weighted by Gasteiger charge is -2.08. The van der Waals surface area contributed by atoms with Crippen molar-refractivity contribution in [3.63, 3.8) is 0 Å². The monoisotopic (exact) mass is 506 g/mol. The van der Waals surface area contributed by atoms with Crippen molar-refractivity contribution < 1.29 is 9.85 Å². The molecule has 3 N–H and O–H groups in total. The molecule has 0 saturated heterocycles. The highest BCUT2D eigenvalue weighted by Gasteiger charge is 2.22. The van der Waals surface area contributed by atoms with Gasteiger partial charge in [0.05, 0.1) is 15.9 Å². The van der Waals surface area contributed by atoms with Gasteiger partial charge in [0.15, 0.2) is 0 Å². The molecule has 0 bridgehead atoms. The number of hydrogen-bond acceptors (Lipinski definition) is 6. The van der Waals surface area contributed by atoms with E-state index in [2.05, 4.69) is 12.2 Å². The van der Waals surface area contributed by atoms with Crippen LogP contribution in [-0.2, 0) is 0 Å². The maximum atomic E-state index is 11.2. The summed E-state index contributed by atoms with van der Waals surface area (Å²) in [5.41, 5.74) is 5.08. The van der Waals surface area contributed by atoms with E-state index in [9.17, 15) is 20.2 Å². The molecule has 1 aromatic rings. The number of nitrogens with one attached hydrogen (secondary N) is 1. The van der Waals surface area contributed by atoms with Crippen molar-refractivity contribution >= 4 is 22.7 Å². The van der Waals surface area contributed by atoms with Crippen LogP contribution in [0, 0.1) is 20.2 Å². The number of hydrogen-bond donors (Lipinski definition) is 2. The molecule has 8 nitrogen and oxygen atoms in total. The molecular formula is C28H50N4O4. The largest absolute Gasteiger partial charge is 0.393 e. The second kappa shape index (κ2) is 20.8. The van der Waals surface area contributed by atoms with Crippen LogP contribution in [0.3, 0.4) is 0 Å². The minimum Gasteiger partial charge on any atom is -0.393 e. The molecule has 0 radical (unpaired) electrons. The van der Waals surface area contributed by atoms with Crippen LogP contribution >= 0.6 is 0 Å². The summed E-state index contributed by atoms with van der Waals surface area (Å²) in [5.74, 6) is 0. The average molecular weight is 507 g/mol. The third-order valence-electron chi connectivity index (χ3n) is 6.88. The van der Waals surface area contributed by atoms with Gasteiger partial charge in [-0.3, -0.25) is 20.2 Å². The molecule has 0 heterocycles. The van der Waals surface area contributed by atoms with Crippen LogP contribution in [0.5, 0.6) is 0 Å². The second-order valence-electron chi connectivity index (χ2n) is 10.1. The Labute approximate surface area is 218 Å². The summed E-state index contributed by atoms with van der Waals surface area (Å²) in [6.45, 7) is 2.85. The lowest BCUT2D eigenvalue weighted by atomic mass is 10.0. The van der Waals surface area contributed by atoms with Crippen molar-refractivity contribution in [1.82, 2.24) is 0 Å². The van der Waals surface area contributed by atoms with Crippen LogP contribution < -0.4 is 11.1 Å². The Balaban J connectivity index is 1.93. The smallest absolute Gasteiger partial charge is 0.299 e. The van der Waals surface area contributed by atoms with Crippen molar-refractivity contribution in [3.05, 3.63) is 32.4 Å². The standard InChI is InChI=1S/C28H50N4O4/c1-2-3-4-5-6-7-8-9-10-11-12-13-14-15-16-17-18-19-20-21-22-30-26-23-25(29)27(31(33)34)24-28(26)32(35)36/h23-24,30H,2-22,29H2,1H3. The van der Waals surface area contributed by atoms with Gasteiger partial charge >= 0.3 is 0 Å². The third kappa shape index (κ3) is 14.9. The molecule has 0 fully saturated rings. The van der Waals surface area contributed by atoms with E-state index in [1.807, 2.05) is 0 Å². The molecule has 8 heteroatoms. The molecular weight excluding hydrogens is 456 g/mol. The van der Waals surface area contributed by atoms with Gasteiger partial charge in [-0.1, -0.05) is 129 Å². The number of rotatable bonds is 24. The van der Waals surface area contributed by atoms with Gasteiger partial charge in [-0.2, -0.15) is 0 Å². The average Bonchev–Trinajstić information content (AvgIpc) is 2.84. The Bertz CT molecular complexity index is 743. The fourth-order valence-corrected chi connectivity index (χ4v) is 4.65. The van der Waals surface area contributed by atoms with E-state index in [1.54, 1.807) is 0 Å². The lowest BCUT2D eigenvalue weighted by molar-refractivity contribution is -0.393. The minimum atomic E-state index is -0.704. The zero-order valence-corrected chi connectivity index (χ0v) is 22.6. The van der Waals surface area contributed by atoms with Crippen molar-refractivity contribution in [3.8, 4) is 0 Å². The first kappa shape index (κ1) is 31.6. The van der Waals surface area contributed by atoms with E-state index in [4.69, 9.17) is 5.73 Å². The molecule has 0 unspecified atom stereocenters. The molecule has 1 rings (SSSR count). The Kier molecular flexibility index (Phi) is 18.3. The first-order valence-corrected chi connectivity index (χ1v) is 14.4. The Morgan fingerprint density at radius 2 is 0.972 bits per heavy atom. The zero-order valence-electron chi connectivity index (χ0n) is 22.6. The highest BCUT2D eigenvalue weighted by molar-refractivity contribution is 5.75. The van der Waals surface area contributed by atoms with Crippen molar-refractivity contribution in [2.45, 2.75) is 135 Å². The summed E-state index contributed by atoms with van der Waals surface area (Å²) >= 11 is 0. The fourth-order valence-electron chi connectivity index (χ4n) is 4.65. The van der Waals surface area contributed by atoms with Gasteiger partial charge in [0.2, 0.25) is 0 Å². The molecule has 0 spiro atoms. The van der Waals surface area contributed by atoms with Crippen molar-refractivity contribution in [2.75, 3.05) is 17.6 Å². The lowest BCUT2D eigenvalue weighted by Crippen LogP contribution is -2.06. The summed E-state index contributed by atoms with van der Waals surface area (Å²) in [5, 5.41) is 25.2. The van der Waals surface area contributed by atoms with Gasteiger partial charge in [0.1, 0.15) is 11.4 Å². The number of unbranched alkanes of at least 4 members (excludes halogenated alkanes) is 19. The Hall–Kier alpha value is -2.38. The number of anilines is 2. The molecule has 0 aliphatic heterocycles.